The number of hydrazine groups is 1. The molecule has 1 heterocycles. The van der Waals surface area contributed by atoms with Crippen LogP contribution in [0, 0.1) is 5.82 Å². The van der Waals surface area contributed by atoms with Crippen LogP contribution < -0.4 is 21.0 Å². The number of nitrogens with zero attached hydrogens (tertiary/aromatic N) is 2. The van der Waals surface area contributed by atoms with Crippen LogP contribution in [0.5, 0.6) is 5.75 Å². The normalized spacial score (nSPS) is 11.6. The Morgan fingerprint density at radius 2 is 1.86 bits per heavy atom. The Morgan fingerprint density at radius 3 is 2.61 bits per heavy atom. The second-order valence-electron chi connectivity index (χ2n) is 5.94. The van der Waals surface area contributed by atoms with E-state index in [2.05, 4.69) is 16.0 Å². The Labute approximate surface area is 158 Å². The number of ether oxygens (including phenoxy) is 1. The van der Waals surface area contributed by atoms with Crippen LogP contribution in [0.3, 0.4) is 0 Å². The fourth-order valence-corrected chi connectivity index (χ4v) is 2.47. The Balaban J connectivity index is 1.57. The van der Waals surface area contributed by atoms with Gasteiger partial charge in [-0.3, -0.25) is 29.9 Å². The maximum atomic E-state index is 12.9. The third-order valence-corrected chi connectivity index (χ3v) is 3.88. The first-order valence-corrected chi connectivity index (χ1v) is 8.40. The molecule has 3 rings (SSSR count). The molecule has 0 aliphatic carbocycles. The van der Waals surface area contributed by atoms with Gasteiger partial charge in [-0.2, -0.15) is 5.10 Å². The van der Waals surface area contributed by atoms with Crippen molar-refractivity contribution in [1.29, 1.82) is 0 Å². The zero-order chi connectivity index (χ0) is 20.1. The van der Waals surface area contributed by atoms with E-state index in [4.69, 9.17) is 4.74 Å². The average Bonchev–Trinajstić information content (AvgIpc) is 2.70. The van der Waals surface area contributed by atoms with Gasteiger partial charge in [0.15, 0.2) is 6.10 Å². The topological polar surface area (TPSA) is 102 Å². The number of amides is 2. The van der Waals surface area contributed by atoms with Gasteiger partial charge in [0.05, 0.1) is 11.7 Å². The monoisotopic (exact) mass is 384 g/mol. The second kappa shape index (κ2) is 8.30. The third-order valence-electron chi connectivity index (χ3n) is 3.88. The van der Waals surface area contributed by atoms with Crippen LogP contribution in [0.4, 0.5) is 4.39 Å². The minimum absolute atomic E-state index is 0.200. The van der Waals surface area contributed by atoms with E-state index in [1.807, 2.05) is 0 Å². The first kappa shape index (κ1) is 19.0. The summed E-state index contributed by atoms with van der Waals surface area (Å²) in [6.45, 7) is 1.29. The summed E-state index contributed by atoms with van der Waals surface area (Å²) in [5, 5.41) is 4.39. The molecule has 0 spiro atoms. The van der Waals surface area contributed by atoms with Crippen LogP contribution in [0.25, 0.3) is 10.9 Å². The zero-order valence-electron chi connectivity index (χ0n) is 14.9. The molecule has 2 N–H and O–H groups in total. The first-order valence-electron chi connectivity index (χ1n) is 8.40. The van der Waals surface area contributed by atoms with E-state index in [0.717, 1.165) is 6.20 Å². The van der Waals surface area contributed by atoms with E-state index in [0.29, 0.717) is 16.7 Å². The minimum atomic E-state index is -0.919. The van der Waals surface area contributed by atoms with E-state index >= 15 is 0 Å². The molecular weight excluding hydrogens is 367 g/mol. The summed E-state index contributed by atoms with van der Waals surface area (Å²) < 4.78 is 19.6. The van der Waals surface area contributed by atoms with Gasteiger partial charge in [-0.15, -0.1) is 0 Å². The van der Waals surface area contributed by atoms with Crippen LogP contribution in [0.2, 0.25) is 0 Å². The molecule has 2 aromatic carbocycles. The van der Waals surface area contributed by atoms with Crippen molar-refractivity contribution in [2.75, 3.05) is 0 Å². The summed E-state index contributed by atoms with van der Waals surface area (Å²) >= 11 is 0. The largest absolute Gasteiger partial charge is 0.481 e. The van der Waals surface area contributed by atoms with Gasteiger partial charge in [-0.1, -0.05) is 12.1 Å². The van der Waals surface area contributed by atoms with Gasteiger partial charge < -0.3 is 4.74 Å². The van der Waals surface area contributed by atoms with Crippen molar-refractivity contribution in [3.63, 3.8) is 0 Å². The summed E-state index contributed by atoms with van der Waals surface area (Å²) in [7, 11) is 0. The zero-order valence-corrected chi connectivity index (χ0v) is 14.9. The van der Waals surface area contributed by atoms with Crippen molar-refractivity contribution in [3.8, 4) is 5.75 Å². The maximum absolute atomic E-state index is 12.9. The van der Waals surface area contributed by atoms with Gasteiger partial charge in [-0.25, -0.2) is 4.39 Å². The van der Waals surface area contributed by atoms with Crippen molar-refractivity contribution in [2.24, 2.45) is 0 Å². The maximum Gasteiger partial charge on any atom is 0.279 e. The highest BCUT2D eigenvalue weighted by Crippen LogP contribution is 2.13. The molecule has 1 atom stereocenters. The SMILES string of the molecule is C[C@H](Oc1ccc(F)cc1)C(=O)NNC(=O)Cn1ncc(=O)c2ccccc21. The van der Waals surface area contributed by atoms with Crippen LogP contribution in [0.1, 0.15) is 6.92 Å². The Hall–Kier alpha value is -3.75. The molecule has 0 saturated carbocycles. The molecule has 9 heteroatoms. The number of rotatable bonds is 5. The molecule has 28 heavy (non-hydrogen) atoms. The molecule has 1 aromatic heterocycles. The lowest BCUT2D eigenvalue weighted by Gasteiger charge is -2.15. The van der Waals surface area contributed by atoms with Gasteiger partial charge in [-0.05, 0) is 43.3 Å². The van der Waals surface area contributed by atoms with Gasteiger partial charge in [0.2, 0.25) is 5.43 Å². The average molecular weight is 384 g/mol. The molecule has 0 unspecified atom stereocenters. The van der Waals surface area contributed by atoms with E-state index in [9.17, 15) is 18.8 Å². The lowest BCUT2D eigenvalue weighted by Crippen LogP contribution is -2.48. The van der Waals surface area contributed by atoms with Crippen LogP contribution in [0.15, 0.2) is 59.5 Å². The number of carbonyl (C=O) groups excluding carboxylic acids is 2. The lowest BCUT2D eigenvalue weighted by atomic mass is 10.2. The smallest absolute Gasteiger partial charge is 0.279 e. The van der Waals surface area contributed by atoms with Crippen molar-refractivity contribution in [3.05, 3.63) is 70.8 Å². The highest BCUT2D eigenvalue weighted by Gasteiger charge is 2.16. The highest BCUT2D eigenvalue weighted by molar-refractivity contribution is 5.85. The summed E-state index contributed by atoms with van der Waals surface area (Å²) in [6.07, 6.45) is 0.212. The summed E-state index contributed by atoms with van der Waals surface area (Å²) in [5.41, 5.74) is 4.78. The third kappa shape index (κ3) is 4.50. The Kier molecular flexibility index (Phi) is 5.64. The molecule has 2 amide bonds. The molecule has 0 aliphatic heterocycles. The summed E-state index contributed by atoms with van der Waals surface area (Å²) in [6, 6.07) is 12.0. The highest BCUT2D eigenvalue weighted by atomic mass is 19.1. The molecule has 0 saturated heterocycles. The fourth-order valence-electron chi connectivity index (χ4n) is 2.47. The quantitative estimate of drug-likeness (QED) is 0.643. The van der Waals surface area contributed by atoms with Crippen LogP contribution >= 0.6 is 0 Å². The Morgan fingerprint density at radius 1 is 1.14 bits per heavy atom. The van der Waals surface area contributed by atoms with Gasteiger partial charge in [0.1, 0.15) is 18.1 Å². The van der Waals surface area contributed by atoms with Crippen LogP contribution in [-0.2, 0) is 16.1 Å². The van der Waals surface area contributed by atoms with E-state index in [1.165, 1.54) is 35.9 Å². The molecular formula is C19H17FN4O4. The van der Waals surface area contributed by atoms with Crippen molar-refractivity contribution < 1.29 is 18.7 Å². The molecule has 3 aromatic rings. The molecule has 0 fully saturated rings. The lowest BCUT2D eigenvalue weighted by molar-refractivity contribution is -0.133. The van der Waals surface area contributed by atoms with Crippen molar-refractivity contribution >= 4 is 22.7 Å². The van der Waals surface area contributed by atoms with Gasteiger partial charge >= 0.3 is 0 Å². The molecule has 0 aliphatic rings. The number of benzene rings is 2. The van der Waals surface area contributed by atoms with Gasteiger partial charge in [0, 0.05) is 5.39 Å². The number of hydrogen-bond acceptors (Lipinski definition) is 5. The number of nitrogens with one attached hydrogen (secondary N) is 2. The predicted molar refractivity (Wildman–Crippen MR) is 98.8 cm³/mol. The van der Waals surface area contributed by atoms with E-state index in [1.54, 1.807) is 24.3 Å². The number of hydrogen-bond donors (Lipinski definition) is 2. The van der Waals surface area contributed by atoms with Crippen molar-refractivity contribution in [2.45, 2.75) is 19.6 Å². The molecule has 0 radical (unpaired) electrons. The predicted octanol–water partition coefficient (Wildman–Crippen LogP) is 1.15. The summed E-state index contributed by atoms with van der Waals surface area (Å²) in [5.74, 6) is -1.22. The standard InChI is InChI=1S/C19H17FN4O4/c1-12(28-14-8-6-13(20)7-9-14)19(27)23-22-18(26)11-24-16-5-3-2-4-15(16)17(25)10-21-24/h2-10,12H,11H2,1H3,(H,22,26)(H,23,27)/t12-/m0/s1. The number of aromatic nitrogens is 2. The number of halogens is 1. The molecule has 144 valence electrons. The number of carbonyl (C=O) groups is 2. The van der Waals surface area contributed by atoms with Crippen LogP contribution in [-0.4, -0.2) is 27.7 Å². The Bertz CT molecular complexity index is 1070. The first-order chi connectivity index (χ1) is 13.4. The van der Waals surface area contributed by atoms with Gasteiger partial charge in [0.25, 0.3) is 11.8 Å². The fraction of sp³-hybridized carbons (Fsp3) is 0.158. The second-order valence-corrected chi connectivity index (χ2v) is 5.94. The van der Waals surface area contributed by atoms with Crippen molar-refractivity contribution in [1.82, 2.24) is 20.6 Å². The van der Waals surface area contributed by atoms with E-state index < -0.39 is 23.7 Å². The number of fused-ring (bicyclic) bond motifs is 1. The molecule has 0 bridgehead atoms. The summed E-state index contributed by atoms with van der Waals surface area (Å²) in [4.78, 5) is 36.0. The number of para-hydroxylation sites is 1. The van der Waals surface area contributed by atoms with E-state index in [-0.39, 0.29) is 12.0 Å². The minimum Gasteiger partial charge on any atom is -0.481 e. The molecule has 8 nitrogen and oxygen atoms in total.